The molecule has 0 aliphatic carbocycles. The highest BCUT2D eigenvalue weighted by Gasteiger charge is 2.20. The fourth-order valence-corrected chi connectivity index (χ4v) is 2.25. The summed E-state index contributed by atoms with van der Waals surface area (Å²) in [5.41, 5.74) is 3.99. The molecule has 0 saturated carbocycles. The van der Waals surface area contributed by atoms with E-state index in [0.717, 1.165) is 12.3 Å². The third kappa shape index (κ3) is 1.35. The summed E-state index contributed by atoms with van der Waals surface area (Å²) in [6.07, 6.45) is 1.21. The lowest BCUT2D eigenvalue weighted by Crippen LogP contribution is -2.16. The maximum Gasteiger partial charge on any atom is 0.142 e. The van der Waals surface area contributed by atoms with Crippen LogP contribution in [0, 0.1) is 6.92 Å². The minimum Gasteiger partial charge on any atom is -0.495 e. The van der Waals surface area contributed by atoms with Crippen LogP contribution in [0.4, 0.5) is 5.69 Å². The standard InChI is InChI=1S/C12H17NO/c1-8-4-5-10(14-3)12-11(8)9(2)6-7-13-12/h4-5,9,13H,6-7H2,1-3H3/t9-/m1/s1. The number of benzene rings is 1. The first kappa shape index (κ1) is 9.38. The van der Waals surface area contributed by atoms with Crippen LogP contribution in [0.1, 0.15) is 30.4 Å². The summed E-state index contributed by atoms with van der Waals surface area (Å²) >= 11 is 0. The molecule has 0 bridgehead atoms. The van der Waals surface area contributed by atoms with Crippen molar-refractivity contribution in [2.75, 3.05) is 19.0 Å². The van der Waals surface area contributed by atoms with Gasteiger partial charge in [0.25, 0.3) is 0 Å². The van der Waals surface area contributed by atoms with Gasteiger partial charge in [0, 0.05) is 6.54 Å². The third-order valence-corrected chi connectivity index (χ3v) is 3.02. The Bertz CT molecular complexity index is 346. The molecule has 0 aromatic heterocycles. The van der Waals surface area contributed by atoms with Gasteiger partial charge in [0.1, 0.15) is 5.75 Å². The van der Waals surface area contributed by atoms with Gasteiger partial charge in [0.2, 0.25) is 0 Å². The van der Waals surface area contributed by atoms with E-state index in [2.05, 4.69) is 25.2 Å². The summed E-state index contributed by atoms with van der Waals surface area (Å²) in [5.74, 6) is 1.61. The van der Waals surface area contributed by atoms with E-state index in [9.17, 15) is 0 Å². The normalized spacial score (nSPS) is 19.8. The second kappa shape index (κ2) is 3.52. The topological polar surface area (TPSA) is 21.3 Å². The lowest BCUT2D eigenvalue weighted by molar-refractivity contribution is 0.414. The second-order valence-electron chi connectivity index (χ2n) is 3.99. The first-order valence-electron chi connectivity index (χ1n) is 5.15. The molecular formula is C12H17NO. The number of ether oxygens (including phenoxy) is 1. The molecule has 1 N–H and O–H groups in total. The number of methoxy groups -OCH3 is 1. The highest BCUT2D eigenvalue weighted by Crippen LogP contribution is 2.39. The van der Waals surface area contributed by atoms with Crippen molar-refractivity contribution in [1.82, 2.24) is 0 Å². The van der Waals surface area contributed by atoms with E-state index in [4.69, 9.17) is 4.74 Å². The molecular weight excluding hydrogens is 174 g/mol. The van der Waals surface area contributed by atoms with Crippen molar-refractivity contribution in [3.63, 3.8) is 0 Å². The van der Waals surface area contributed by atoms with E-state index in [0.29, 0.717) is 5.92 Å². The molecule has 0 amide bonds. The second-order valence-corrected chi connectivity index (χ2v) is 3.99. The molecule has 2 nitrogen and oxygen atoms in total. The van der Waals surface area contributed by atoms with Gasteiger partial charge in [-0.05, 0) is 36.5 Å². The first-order valence-corrected chi connectivity index (χ1v) is 5.15. The molecule has 0 radical (unpaired) electrons. The Morgan fingerprint density at radius 1 is 1.43 bits per heavy atom. The molecule has 14 heavy (non-hydrogen) atoms. The zero-order valence-electron chi connectivity index (χ0n) is 9.05. The predicted octanol–water partition coefficient (Wildman–Crippen LogP) is 2.92. The van der Waals surface area contributed by atoms with Crippen molar-refractivity contribution in [3.05, 3.63) is 23.3 Å². The fraction of sp³-hybridized carbons (Fsp3) is 0.500. The van der Waals surface area contributed by atoms with Crippen LogP contribution >= 0.6 is 0 Å². The number of aryl methyl sites for hydroxylation is 1. The minimum atomic E-state index is 0.640. The van der Waals surface area contributed by atoms with Crippen LogP contribution in [-0.2, 0) is 0 Å². The first-order chi connectivity index (χ1) is 6.74. The molecule has 2 heteroatoms. The van der Waals surface area contributed by atoms with Gasteiger partial charge in [-0.25, -0.2) is 0 Å². The Morgan fingerprint density at radius 2 is 2.21 bits per heavy atom. The van der Waals surface area contributed by atoms with Gasteiger partial charge in [0.05, 0.1) is 12.8 Å². The van der Waals surface area contributed by atoms with Gasteiger partial charge in [-0.3, -0.25) is 0 Å². The minimum absolute atomic E-state index is 0.640. The lowest BCUT2D eigenvalue weighted by Gasteiger charge is -2.27. The van der Waals surface area contributed by atoms with Crippen LogP contribution in [-0.4, -0.2) is 13.7 Å². The van der Waals surface area contributed by atoms with Crippen molar-refractivity contribution in [2.24, 2.45) is 0 Å². The molecule has 0 unspecified atom stereocenters. The summed E-state index contributed by atoms with van der Waals surface area (Å²) in [6.45, 7) is 5.50. The molecule has 0 spiro atoms. The van der Waals surface area contributed by atoms with Gasteiger partial charge in [-0.2, -0.15) is 0 Å². The molecule has 0 fully saturated rings. The summed E-state index contributed by atoms with van der Waals surface area (Å²) in [7, 11) is 1.73. The molecule has 1 aromatic rings. The summed E-state index contributed by atoms with van der Waals surface area (Å²) in [5, 5.41) is 3.43. The number of fused-ring (bicyclic) bond motifs is 1. The molecule has 76 valence electrons. The van der Waals surface area contributed by atoms with Crippen LogP contribution in [0.25, 0.3) is 0 Å². The highest BCUT2D eigenvalue weighted by molar-refractivity contribution is 5.66. The van der Waals surface area contributed by atoms with Crippen molar-refractivity contribution >= 4 is 5.69 Å². The van der Waals surface area contributed by atoms with E-state index < -0.39 is 0 Å². The van der Waals surface area contributed by atoms with Crippen molar-refractivity contribution in [2.45, 2.75) is 26.2 Å². The number of anilines is 1. The number of hydrogen-bond acceptors (Lipinski definition) is 2. The Hall–Kier alpha value is -1.18. The third-order valence-electron chi connectivity index (χ3n) is 3.02. The number of hydrogen-bond donors (Lipinski definition) is 1. The van der Waals surface area contributed by atoms with Crippen LogP contribution in [0.5, 0.6) is 5.75 Å². The Labute approximate surface area is 85.3 Å². The van der Waals surface area contributed by atoms with Crippen molar-refractivity contribution < 1.29 is 4.74 Å². The molecule has 1 aliphatic rings. The van der Waals surface area contributed by atoms with E-state index in [1.54, 1.807) is 7.11 Å². The number of rotatable bonds is 1. The average Bonchev–Trinajstić information content (AvgIpc) is 2.18. The summed E-state index contributed by atoms with van der Waals surface area (Å²) in [6, 6.07) is 4.18. The Balaban J connectivity index is 2.57. The van der Waals surface area contributed by atoms with E-state index in [1.165, 1.54) is 23.2 Å². The van der Waals surface area contributed by atoms with Gasteiger partial charge >= 0.3 is 0 Å². The zero-order chi connectivity index (χ0) is 10.1. The highest BCUT2D eigenvalue weighted by atomic mass is 16.5. The predicted molar refractivity (Wildman–Crippen MR) is 59.3 cm³/mol. The Kier molecular flexibility index (Phi) is 2.36. The average molecular weight is 191 g/mol. The van der Waals surface area contributed by atoms with Gasteiger partial charge in [-0.1, -0.05) is 13.0 Å². The van der Waals surface area contributed by atoms with Crippen LogP contribution in [0.15, 0.2) is 12.1 Å². The quantitative estimate of drug-likeness (QED) is 0.737. The lowest BCUT2D eigenvalue weighted by atomic mass is 9.89. The molecule has 1 heterocycles. The van der Waals surface area contributed by atoms with E-state index >= 15 is 0 Å². The van der Waals surface area contributed by atoms with Gasteiger partial charge in [-0.15, -0.1) is 0 Å². The molecule has 1 aliphatic heterocycles. The van der Waals surface area contributed by atoms with Crippen molar-refractivity contribution in [1.29, 1.82) is 0 Å². The molecule has 1 aromatic carbocycles. The summed E-state index contributed by atoms with van der Waals surface area (Å²) in [4.78, 5) is 0. The van der Waals surface area contributed by atoms with E-state index in [1.807, 2.05) is 6.07 Å². The van der Waals surface area contributed by atoms with E-state index in [-0.39, 0.29) is 0 Å². The summed E-state index contributed by atoms with van der Waals surface area (Å²) < 4.78 is 5.35. The molecule has 0 saturated heterocycles. The Morgan fingerprint density at radius 3 is 2.93 bits per heavy atom. The zero-order valence-corrected chi connectivity index (χ0v) is 9.05. The SMILES string of the molecule is COc1ccc(C)c2c1NCC[C@H]2C. The van der Waals surface area contributed by atoms with Crippen LogP contribution < -0.4 is 10.1 Å². The number of nitrogens with one attached hydrogen (secondary N) is 1. The van der Waals surface area contributed by atoms with Gasteiger partial charge in [0.15, 0.2) is 0 Å². The molecule has 1 atom stereocenters. The maximum atomic E-state index is 5.35. The monoisotopic (exact) mass is 191 g/mol. The van der Waals surface area contributed by atoms with Gasteiger partial charge < -0.3 is 10.1 Å². The largest absolute Gasteiger partial charge is 0.495 e. The van der Waals surface area contributed by atoms with Crippen LogP contribution in [0.2, 0.25) is 0 Å². The van der Waals surface area contributed by atoms with Crippen molar-refractivity contribution in [3.8, 4) is 5.75 Å². The fourth-order valence-electron chi connectivity index (χ4n) is 2.25. The smallest absolute Gasteiger partial charge is 0.142 e. The maximum absolute atomic E-state index is 5.35. The van der Waals surface area contributed by atoms with Crippen LogP contribution in [0.3, 0.4) is 0 Å². The molecule has 2 rings (SSSR count).